The zero-order valence-electron chi connectivity index (χ0n) is 6.84. The maximum atomic E-state index is 4.02. The molecule has 2 rings (SSSR count). The fourth-order valence-corrected chi connectivity index (χ4v) is 1.01. The van der Waals surface area contributed by atoms with Gasteiger partial charge in [-0.3, -0.25) is 4.68 Å². The highest BCUT2D eigenvalue weighted by molar-refractivity contribution is 5.51. The highest BCUT2D eigenvalue weighted by Gasteiger charge is 2.06. The summed E-state index contributed by atoms with van der Waals surface area (Å²) in [5, 5.41) is 15.1. The summed E-state index contributed by atoms with van der Waals surface area (Å²) in [6, 6.07) is 0. The van der Waals surface area contributed by atoms with Crippen LogP contribution in [-0.2, 0) is 14.1 Å². The molecule has 12 heavy (non-hydrogen) atoms. The normalized spacial score (nSPS) is 10.5. The summed E-state index contributed by atoms with van der Waals surface area (Å²) in [5.41, 5.74) is 0.921. The summed E-state index contributed by atoms with van der Waals surface area (Å²) in [6.07, 6.45) is 3.59. The van der Waals surface area contributed by atoms with Crippen LogP contribution in [0, 0.1) is 0 Å². The average Bonchev–Trinajstić information content (AvgIpc) is 2.58. The van der Waals surface area contributed by atoms with Gasteiger partial charge in [-0.1, -0.05) is 0 Å². The van der Waals surface area contributed by atoms with Crippen molar-refractivity contribution in [1.82, 2.24) is 30.0 Å². The third kappa shape index (κ3) is 0.969. The number of hydrogen-bond acceptors (Lipinski definition) is 4. The van der Waals surface area contributed by atoms with Gasteiger partial charge in [-0.2, -0.15) is 5.10 Å². The van der Waals surface area contributed by atoms with Gasteiger partial charge in [0.25, 0.3) is 0 Å². The first-order valence-corrected chi connectivity index (χ1v) is 3.49. The monoisotopic (exact) mass is 164 g/mol. The number of nitrogens with zero attached hydrogens (tertiary/aromatic N) is 6. The number of aryl methyl sites for hydroxylation is 2. The van der Waals surface area contributed by atoms with Gasteiger partial charge in [-0.25, -0.2) is 4.68 Å². The van der Waals surface area contributed by atoms with Crippen LogP contribution < -0.4 is 0 Å². The van der Waals surface area contributed by atoms with Gasteiger partial charge in [0.15, 0.2) is 5.82 Å². The quantitative estimate of drug-likeness (QED) is 0.576. The van der Waals surface area contributed by atoms with E-state index in [0.29, 0.717) is 0 Å². The van der Waals surface area contributed by atoms with Crippen molar-refractivity contribution >= 4 is 0 Å². The topological polar surface area (TPSA) is 61.4 Å². The Morgan fingerprint density at radius 1 is 1.33 bits per heavy atom. The van der Waals surface area contributed by atoms with Crippen LogP contribution in [0.2, 0.25) is 0 Å². The van der Waals surface area contributed by atoms with E-state index in [0.717, 1.165) is 11.4 Å². The standard InChI is InChI=1S/C6H8N6/c1-11-4-5(3-7-11)6-8-9-10-12(6)2/h3-4H,1-2H3. The zero-order chi connectivity index (χ0) is 8.55. The van der Waals surface area contributed by atoms with Crippen LogP contribution in [0.15, 0.2) is 12.4 Å². The molecule has 2 aromatic heterocycles. The Labute approximate surface area is 68.8 Å². The first-order chi connectivity index (χ1) is 5.77. The van der Waals surface area contributed by atoms with Crippen LogP contribution >= 0.6 is 0 Å². The molecule has 0 amide bonds. The summed E-state index contributed by atoms with van der Waals surface area (Å²) in [7, 11) is 3.65. The average molecular weight is 164 g/mol. The van der Waals surface area contributed by atoms with E-state index in [1.807, 2.05) is 13.2 Å². The van der Waals surface area contributed by atoms with Gasteiger partial charge >= 0.3 is 0 Å². The molecule has 0 aromatic carbocycles. The third-order valence-electron chi connectivity index (χ3n) is 1.58. The Morgan fingerprint density at radius 3 is 2.67 bits per heavy atom. The molecule has 0 unspecified atom stereocenters. The van der Waals surface area contributed by atoms with E-state index in [9.17, 15) is 0 Å². The van der Waals surface area contributed by atoms with Gasteiger partial charge in [-0.05, 0) is 10.4 Å². The Morgan fingerprint density at radius 2 is 2.17 bits per heavy atom. The highest BCUT2D eigenvalue weighted by atomic mass is 15.5. The van der Waals surface area contributed by atoms with Crippen molar-refractivity contribution in [2.24, 2.45) is 14.1 Å². The van der Waals surface area contributed by atoms with E-state index < -0.39 is 0 Å². The number of hydrogen-bond donors (Lipinski definition) is 0. The van der Waals surface area contributed by atoms with Gasteiger partial charge in [0.1, 0.15) is 0 Å². The van der Waals surface area contributed by atoms with E-state index in [2.05, 4.69) is 20.6 Å². The molecular weight excluding hydrogens is 156 g/mol. The largest absolute Gasteiger partial charge is 0.275 e. The van der Waals surface area contributed by atoms with E-state index in [1.54, 1.807) is 22.6 Å². The van der Waals surface area contributed by atoms with Gasteiger partial charge < -0.3 is 0 Å². The molecule has 0 N–H and O–H groups in total. The molecule has 0 fully saturated rings. The van der Waals surface area contributed by atoms with E-state index in [1.165, 1.54) is 0 Å². The fourth-order valence-electron chi connectivity index (χ4n) is 1.01. The third-order valence-corrected chi connectivity index (χ3v) is 1.58. The van der Waals surface area contributed by atoms with E-state index >= 15 is 0 Å². The molecule has 2 aromatic rings. The predicted octanol–water partition coefficient (Wildman–Crippen LogP) is -0.389. The maximum Gasteiger partial charge on any atom is 0.184 e. The Hall–Kier alpha value is -1.72. The number of aromatic nitrogens is 6. The number of rotatable bonds is 1. The van der Waals surface area contributed by atoms with Crippen LogP contribution in [0.3, 0.4) is 0 Å². The summed E-state index contributed by atoms with van der Waals surface area (Å²) in [5.74, 6) is 0.725. The van der Waals surface area contributed by atoms with E-state index in [4.69, 9.17) is 0 Å². The van der Waals surface area contributed by atoms with Gasteiger partial charge in [0, 0.05) is 20.3 Å². The lowest BCUT2D eigenvalue weighted by molar-refractivity contribution is 0.714. The van der Waals surface area contributed by atoms with Crippen molar-refractivity contribution in [3.8, 4) is 11.4 Å². The smallest absolute Gasteiger partial charge is 0.184 e. The second kappa shape index (κ2) is 2.40. The predicted molar refractivity (Wildman–Crippen MR) is 41.0 cm³/mol. The Balaban J connectivity index is 2.50. The SMILES string of the molecule is Cn1cc(-c2nnnn2C)cn1. The molecule has 6 heteroatoms. The molecule has 0 aliphatic rings. The van der Waals surface area contributed by atoms with Crippen molar-refractivity contribution < 1.29 is 0 Å². The van der Waals surface area contributed by atoms with E-state index in [-0.39, 0.29) is 0 Å². The lowest BCUT2D eigenvalue weighted by Gasteiger charge is -1.90. The minimum atomic E-state index is 0.725. The van der Waals surface area contributed by atoms with Gasteiger partial charge in [0.05, 0.1) is 11.8 Å². The molecule has 0 atom stereocenters. The molecule has 6 nitrogen and oxygen atoms in total. The molecule has 0 aliphatic carbocycles. The molecule has 0 saturated carbocycles. The molecule has 2 heterocycles. The summed E-state index contributed by atoms with van der Waals surface area (Å²) < 4.78 is 3.32. The van der Waals surface area contributed by atoms with Crippen molar-refractivity contribution in [1.29, 1.82) is 0 Å². The molecule has 0 radical (unpaired) electrons. The summed E-state index contributed by atoms with van der Waals surface area (Å²) in [4.78, 5) is 0. The fraction of sp³-hybridized carbons (Fsp3) is 0.333. The van der Waals surface area contributed by atoms with Crippen molar-refractivity contribution in [3.05, 3.63) is 12.4 Å². The molecule has 0 spiro atoms. The first kappa shape index (κ1) is 6.96. The molecule has 0 bridgehead atoms. The lowest BCUT2D eigenvalue weighted by Crippen LogP contribution is -1.93. The minimum Gasteiger partial charge on any atom is -0.275 e. The first-order valence-electron chi connectivity index (χ1n) is 3.49. The van der Waals surface area contributed by atoms with Crippen molar-refractivity contribution in [3.63, 3.8) is 0 Å². The summed E-state index contributed by atoms with van der Waals surface area (Å²) >= 11 is 0. The summed E-state index contributed by atoms with van der Waals surface area (Å²) in [6.45, 7) is 0. The van der Waals surface area contributed by atoms with Crippen molar-refractivity contribution in [2.75, 3.05) is 0 Å². The van der Waals surface area contributed by atoms with Crippen LogP contribution in [-0.4, -0.2) is 30.0 Å². The highest BCUT2D eigenvalue weighted by Crippen LogP contribution is 2.11. The second-order valence-electron chi connectivity index (χ2n) is 2.53. The lowest BCUT2D eigenvalue weighted by atomic mass is 10.3. The van der Waals surface area contributed by atoms with Crippen LogP contribution in [0.5, 0.6) is 0 Å². The molecule has 0 aliphatic heterocycles. The number of tetrazole rings is 1. The Kier molecular flexibility index (Phi) is 1.39. The molecular formula is C6H8N6. The van der Waals surface area contributed by atoms with Crippen molar-refractivity contribution in [2.45, 2.75) is 0 Å². The minimum absolute atomic E-state index is 0.725. The second-order valence-corrected chi connectivity index (χ2v) is 2.53. The maximum absolute atomic E-state index is 4.02. The van der Waals surface area contributed by atoms with Crippen LogP contribution in [0.1, 0.15) is 0 Å². The molecule has 62 valence electrons. The van der Waals surface area contributed by atoms with Crippen LogP contribution in [0.4, 0.5) is 0 Å². The van der Waals surface area contributed by atoms with Gasteiger partial charge in [0.2, 0.25) is 0 Å². The van der Waals surface area contributed by atoms with Crippen LogP contribution in [0.25, 0.3) is 11.4 Å². The van der Waals surface area contributed by atoms with Gasteiger partial charge in [-0.15, -0.1) is 5.10 Å². The molecule has 0 saturated heterocycles. The zero-order valence-corrected chi connectivity index (χ0v) is 6.84. The Bertz CT molecular complexity index is 386.